The van der Waals surface area contributed by atoms with E-state index in [0.29, 0.717) is 25.7 Å². The molecule has 0 radical (unpaired) electrons. The van der Waals surface area contributed by atoms with Crippen LogP contribution in [0, 0.1) is 45.3 Å². The van der Waals surface area contributed by atoms with Gasteiger partial charge in [-0.25, -0.2) is 0 Å². The highest BCUT2D eigenvalue weighted by atomic mass is 16.8. The van der Waals surface area contributed by atoms with Gasteiger partial charge in [-0.3, -0.25) is 0 Å². The number of aliphatic hydroxyl groups is 12. The van der Waals surface area contributed by atoms with E-state index in [1.807, 2.05) is 20.8 Å². The first-order valence-corrected chi connectivity index (χ1v) is 24.4. The van der Waals surface area contributed by atoms with Gasteiger partial charge in [-0.1, -0.05) is 46.3 Å². The van der Waals surface area contributed by atoms with Crippen molar-refractivity contribution in [3.63, 3.8) is 0 Å². The maximum absolute atomic E-state index is 12.7. The van der Waals surface area contributed by atoms with Crippen LogP contribution in [0.3, 0.4) is 0 Å². The standard InChI is InChI=1S/C48H82O18/c1-22(2)10-9-14-48(8,66-42-39(60)36(57)33(54)26(20-50)62-42)23-11-16-47(7)31(23)24(52)18-29-45(5)15-13-30(44(3,4)28(45)12-17-46(29,47)6)64-43-40(37(58)34(55)27(21-51)63-43)65-41-38(59)35(56)32(53)25(19-49)61-41/h10,23-43,49-60H,9,11-21H2,1-8H3/t23-,24+,25+,26+,27+,28-,29+,30-,31?,32+,33+,34+,35-,36-,37-,38+,39+,40+,41-,42-,43-,45-,46+,47+,48-/m0/s1. The molecule has 18 heteroatoms. The Morgan fingerprint density at radius 2 is 1.14 bits per heavy atom. The van der Waals surface area contributed by atoms with Crippen molar-refractivity contribution in [1.29, 1.82) is 0 Å². The van der Waals surface area contributed by atoms with Crippen molar-refractivity contribution in [2.45, 2.75) is 223 Å². The molecule has 0 aromatic carbocycles. The first kappa shape index (κ1) is 52.8. The third kappa shape index (κ3) is 8.79. The highest BCUT2D eigenvalue weighted by Gasteiger charge is 2.72. The molecule has 3 heterocycles. The van der Waals surface area contributed by atoms with Gasteiger partial charge < -0.3 is 89.7 Å². The Morgan fingerprint density at radius 1 is 0.606 bits per heavy atom. The van der Waals surface area contributed by atoms with Gasteiger partial charge in [-0.2, -0.15) is 0 Å². The van der Waals surface area contributed by atoms with Crippen LogP contribution in [0.2, 0.25) is 0 Å². The molecule has 12 N–H and O–H groups in total. The second-order valence-corrected chi connectivity index (χ2v) is 22.9. The zero-order valence-electron chi connectivity index (χ0n) is 40.0. The summed E-state index contributed by atoms with van der Waals surface area (Å²) >= 11 is 0. The van der Waals surface area contributed by atoms with Crippen LogP contribution in [0.1, 0.15) is 113 Å². The minimum atomic E-state index is -1.79. The molecular weight excluding hydrogens is 865 g/mol. The number of allylic oxidation sites excluding steroid dienone is 2. The van der Waals surface area contributed by atoms with Gasteiger partial charge in [-0.05, 0) is 124 Å². The molecule has 7 fully saturated rings. The van der Waals surface area contributed by atoms with Crippen molar-refractivity contribution < 1.29 is 89.7 Å². The maximum atomic E-state index is 12.7. The average molecular weight is 947 g/mol. The largest absolute Gasteiger partial charge is 0.394 e. The molecule has 0 bridgehead atoms. The monoisotopic (exact) mass is 947 g/mol. The Balaban J connectivity index is 1.13. The summed E-state index contributed by atoms with van der Waals surface area (Å²) in [4.78, 5) is 0. The normalized spacial score (nSPS) is 52.4. The molecule has 0 amide bonds. The smallest absolute Gasteiger partial charge is 0.187 e. The number of hydrogen-bond donors (Lipinski definition) is 12. The predicted octanol–water partition coefficient (Wildman–Crippen LogP) is -0.0268. The Labute approximate surface area is 388 Å². The lowest BCUT2D eigenvalue weighted by molar-refractivity contribution is -0.378. The van der Waals surface area contributed by atoms with Crippen LogP contribution in [-0.4, -0.2) is 191 Å². The molecule has 4 saturated carbocycles. The van der Waals surface area contributed by atoms with Crippen LogP contribution < -0.4 is 0 Å². The summed E-state index contributed by atoms with van der Waals surface area (Å²) in [6.45, 7) is 15.5. The van der Waals surface area contributed by atoms with Gasteiger partial charge >= 0.3 is 0 Å². The van der Waals surface area contributed by atoms with Crippen molar-refractivity contribution in [1.82, 2.24) is 0 Å². The zero-order chi connectivity index (χ0) is 48.6. The summed E-state index contributed by atoms with van der Waals surface area (Å²) in [5, 5.41) is 129. The van der Waals surface area contributed by atoms with Crippen molar-refractivity contribution >= 4 is 0 Å². The molecule has 3 saturated heterocycles. The fraction of sp³-hybridized carbons (Fsp3) is 0.958. The summed E-state index contributed by atoms with van der Waals surface area (Å²) < 4.78 is 37.2. The first-order valence-electron chi connectivity index (χ1n) is 24.4. The number of aliphatic hydroxyl groups excluding tert-OH is 12. The molecule has 0 spiro atoms. The minimum absolute atomic E-state index is 0.0905. The molecule has 382 valence electrons. The van der Waals surface area contributed by atoms with Crippen molar-refractivity contribution in [3.8, 4) is 0 Å². The lowest BCUT2D eigenvalue weighted by Crippen LogP contribution is -2.68. The summed E-state index contributed by atoms with van der Waals surface area (Å²) in [6, 6.07) is 0. The molecule has 25 atom stereocenters. The molecule has 0 aromatic heterocycles. The van der Waals surface area contributed by atoms with E-state index in [4.69, 9.17) is 28.4 Å². The Morgan fingerprint density at radius 3 is 1.71 bits per heavy atom. The van der Waals surface area contributed by atoms with Gasteiger partial charge in [0.25, 0.3) is 0 Å². The Hall–Kier alpha value is -0.980. The molecule has 1 unspecified atom stereocenters. The second kappa shape index (κ2) is 19.6. The number of ether oxygens (including phenoxy) is 6. The van der Waals surface area contributed by atoms with E-state index < -0.39 is 135 Å². The van der Waals surface area contributed by atoms with E-state index >= 15 is 0 Å². The maximum Gasteiger partial charge on any atom is 0.187 e. The fourth-order valence-corrected chi connectivity index (χ4v) is 14.9. The van der Waals surface area contributed by atoms with Gasteiger partial charge in [0.1, 0.15) is 73.2 Å². The van der Waals surface area contributed by atoms with Gasteiger partial charge in [0.2, 0.25) is 0 Å². The number of rotatable bonds is 13. The van der Waals surface area contributed by atoms with Crippen LogP contribution in [0.15, 0.2) is 11.6 Å². The topological polar surface area (TPSA) is 298 Å². The van der Waals surface area contributed by atoms with Crippen LogP contribution in [-0.2, 0) is 28.4 Å². The van der Waals surface area contributed by atoms with Crippen molar-refractivity contribution in [3.05, 3.63) is 11.6 Å². The van der Waals surface area contributed by atoms with E-state index in [1.165, 1.54) is 0 Å². The van der Waals surface area contributed by atoms with Crippen molar-refractivity contribution in [2.24, 2.45) is 45.3 Å². The van der Waals surface area contributed by atoms with E-state index in [9.17, 15) is 61.3 Å². The van der Waals surface area contributed by atoms with Crippen molar-refractivity contribution in [2.75, 3.05) is 19.8 Å². The summed E-state index contributed by atoms with van der Waals surface area (Å²) in [6.07, 6.45) is -15.4. The molecule has 66 heavy (non-hydrogen) atoms. The van der Waals surface area contributed by atoms with Crippen LogP contribution in [0.25, 0.3) is 0 Å². The number of hydrogen-bond acceptors (Lipinski definition) is 18. The third-order valence-electron chi connectivity index (χ3n) is 18.8. The summed E-state index contributed by atoms with van der Waals surface area (Å²) in [5.41, 5.74) is -1.12. The Kier molecular flexibility index (Phi) is 15.7. The quantitative estimate of drug-likeness (QED) is 0.0853. The molecule has 4 aliphatic carbocycles. The summed E-state index contributed by atoms with van der Waals surface area (Å²) in [7, 11) is 0. The first-order chi connectivity index (χ1) is 30.8. The summed E-state index contributed by atoms with van der Waals surface area (Å²) in [5.74, 6) is -0.151. The molecule has 7 aliphatic rings. The lowest BCUT2D eigenvalue weighted by atomic mass is 9.35. The van der Waals surface area contributed by atoms with Gasteiger partial charge in [0.05, 0.1) is 37.6 Å². The second-order valence-electron chi connectivity index (χ2n) is 22.9. The minimum Gasteiger partial charge on any atom is -0.394 e. The van der Waals surface area contributed by atoms with Crippen LogP contribution >= 0.6 is 0 Å². The zero-order valence-corrected chi connectivity index (χ0v) is 40.0. The molecule has 7 rings (SSSR count). The average Bonchev–Trinajstić information content (AvgIpc) is 3.65. The third-order valence-corrected chi connectivity index (χ3v) is 18.8. The van der Waals surface area contributed by atoms with E-state index in [0.717, 1.165) is 37.7 Å². The highest BCUT2D eigenvalue weighted by Crippen LogP contribution is 2.76. The van der Waals surface area contributed by atoms with E-state index in [1.54, 1.807) is 0 Å². The van der Waals surface area contributed by atoms with E-state index in [-0.39, 0.29) is 39.9 Å². The van der Waals surface area contributed by atoms with Gasteiger partial charge in [0.15, 0.2) is 18.9 Å². The fourth-order valence-electron chi connectivity index (χ4n) is 14.9. The lowest BCUT2D eigenvalue weighted by Gasteiger charge is -2.71. The molecule has 18 nitrogen and oxygen atoms in total. The van der Waals surface area contributed by atoms with Gasteiger partial charge in [0, 0.05) is 0 Å². The highest BCUT2D eigenvalue weighted by molar-refractivity contribution is 5.20. The molecule has 3 aliphatic heterocycles. The van der Waals surface area contributed by atoms with E-state index in [2.05, 4.69) is 40.7 Å². The SMILES string of the molecule is CC(C)=CCC[C@](C)(O[C@@H]1O[C@H](CO)[C@@H](O)[C@H](O)[C@H]1O)[C@H]1CC[C@]2(C)C1[C@H](O)C[C@@H]1[C@@]3(C)CC[C@H](O[C@@H]4O[C@H](CO)[C@@H](O)[C@H](O)[C@H]4O[C@@H]4O[C@H](CO)[C@@H](O)[C@H](O)[C@H]4O)C(C)(C)[C@@H]3CC[C@]12C. The van der Waals surface area contributed by atoms with Gasteiger partial charge in [-0.15, -0.1) is 0 Å². The van der Waals surface area contributed by atoms with Crippen LogP contribution in [0.4, 0.5) is 0 Å². The number of fused-ring (bicyclic) bond motifs is 5. The molecular formula is C48H82O18. The Bertz CT molecular complexity index is 1680. The van der Waals surface area contributed by atoms with Crippen LogP contribution in [0.5, 0.6) is 0 Å². The molecule has 0 aromatic rings. The predicted molar refractivity (Wildman–Crippen MR) is 234 cm³/mol.